The van der Waals surface area contributed by atoms with E-state index < -0.39 is 40.1 Å². The molecule has 0 saturated carbocycles. The highest BCUT2D eigenvalue weighted by Crippen LogP contribution is 2.36. The van der Waals surface area contributed by atoms with Crippen molar-refractivity contribution in [2.24, 2.45) is 0 Å². The summed E-state index contributed by atoms with van der Waals surface area (Å²) in [6.45, 7) is 9.68. The summed E-state index contributed by atoms with van der Waals surface area (Å²) in [4.78, 5) is 42.1. The van der Waals surface area contributed by atoms with Crippen molar-refractivity contribution < 1.29 is 23.1 Å². The SMILES string of the molecule is C=CC(=O)N1CCN(c2nc(=O)n(-c3c(F)ccnc3C(C)C)c3nc(-c4c(O)cccc4F)c(F)cc23)[C@@H](C)C1. The molecule has 212 valence electrons. The summed E-state index contributed by atoms with van der Waals surface area (Å²) in [5, 5.41) is 10.4. The molecular weight excluding hydrogens is 537 g/mol. The maximum Gasteiger partial charge on any atom is 0.356 e. The van der Waals surface area contributed by atoms with Gasteiger partial charge in [0.05, 0.1) is 16.6 Å². The molecule has 0 unspecified atom stereocenters. The fourth-order valence-electron chi connectivity index (χ4n) is 5.14. The summed E-state index contributed by atoms with van der Waals surface area (Å²) in [6, 6.07) is 5.24. The normalized spacial score (nSPS) is 15.5. The molecule has 9 nitrogen and oxygen atoms in total. The largest absolute Gasteiger partial charge is 0.507 e. The first-order valence-corrected chi connectivity index (χ1v) is 13.0. The molecule has 0 spiro atoms. The number of phenolic OH excluding ortho intramolecular Hbond substituents is 1. The van der Waals surface area contributed by atoms with Crippen molar-refractivity contribution in [3.8, 4) is 22.7 Å². The minimum Gasteiger partial charge on any atom is -0.507 e. The number of pyridine rings is 2. The second kappa shape index (κ2) is 10.7. The Morgan fingerprint density at radius 3 is 2.54 bits per heavy atom. The Labute approximate surface area is 233 Å². The molecule has 0 aliphatic carbocycles. The van der Waals surface area contributed by atoms with Gasteiger partial charge < -0.3 is 14.9 Å². The summed E-state index contributed by atoms with van der Waals surface area (Å²) in [5.74, 6) is -3.78. The fourth-order valence-corrected chi connectivity index (χ4v) is 5.14. The molecule has 1 saturated heterocycles. The van der Waals surface area contributed by atoms with Crippen LogP contribution < -0.4 is 10.6 Å². The summed E-state index contributed by atoms with van der Waals surface area (Å²) in [7, 11) is 0. The van der Waals surface area contributed by atoms with Crippen molar-refractivity contribution in [1.29, 1.82) is 0 Å². The van der Waals surface area contributed by atoms with Gasteiger partial charge in [0.1, 0.15) is 28.8 Å². The summed E-state index contributed by atoms with van der Waals surface area (Å²) < 4.78 is 46.9. The molecule has 3 aromatic heterocycles. The number of hydrogen-bond donors (Lipinski definition) is 1. The predicted octanol–water partition coefficient (Wildman–Crippen LogP) is 4.31. The van der Waals surface area contributed by atoms with Crippen LogP contribution in [0.4, 0.5) is 19.0 Å². The molecule has 1 aliphatic rings. The van der Waals surface area contributed by atoms with Crippen LogP contribution in [0.2, 0.25) is 0 Å². The number of carbonyl (C=O) groups excluding carboxylic acids is 1. The van der Waals surface area contributed by atoms with Crippen LogP contribution in [0.1, 0.15) is 32.4 Å². The summed E-state index contributed by atoms with van der Waals surface area (Å²) in [6.07, 6.45) is 2.48. The molecule has 12 heteroatoms. The Bertz CT molecular complexity index is 1740. The number of aromatic hydroxyl groups is 1. The number of aromatic nitrogens is 4. The average molecular weight is 565 g/mol. The number of phenols is 1. The molecule has 1 atom stereocenters. The lowest BCUT2D eigenvalue weighted by Gasteiger charge is -2.40. The molecule has 1 fully saturated rings. The van der Waals surface area contributed by atoms with E-state index in [4.69, 9.17) is 0 Å². The molecule has 1 aromatic carbocycles. The number of fused-ring (bicyclic) bond motifs is 1. The zero-order valence-electron chi connectivity index (χ0n) is 22.6. The van der Waals surface area contributed by atoms with Gasteiger partial charge in [0, 0.05) is 31.9 Å². The number of anilines is 1. The second-order valence-corrected chi connectivity index (χ2v) is 10.1. The average Bonchev–Trinajstić information content (AvgIpc) is 2.93. The monoisotopic (exact) mass is 564 g/mol. The summed E-state index contributed by atoms with van der Waals surface area (Å²) in [5.41, 5.74) is -2.18. The van der Waals surface area contributed by atoms with Gasteiger partial charge in [-0.3, -0.25) is 9.78 Å². The Morgan fingerprint density at radius 2 is 1.88 bits per heavy atom. The first-order chi connectivity index (χ1) is 19.5. The van der Waals surface area contributed by atoms with E-state index in [-0.39, 0.29) is 65.7 Å². The number of nitrogens with zero attached hydrogens (tertiary/aromatic N) is 6. The van der Waals surface area contributed by atoms with Crippen LogP contribution >= 0.6 is 0 Å². The van der Waals surface area contributed by atoms with Gasteiger partial charge in [-0.25, -0.2) is 27.5 Å². The fraction of sp³-hybridized carbons (Fsp3) is 0.276. The number of hydrogen-bond acceptors (Lipinski definition) is 7. The number of carbonyl (C=O) groups is 1. The van der Waals surface area contributed by atoms with Crippen LogP contribution in [-0.4, -0.2) is 61.1 Å². The Kier molecular flexibility index (Phi) is 7.24. The number of benzene rings is 1. The highest BCUT2D eigenvalue weighted by molar-refractivity contribution is 5.91. The number of halogens is 3. The van der Waals surface area contributed by atoms with E-state index in [1.54, 1.807) is 23.6 Å². The van der Waals surface area contributed by atoms with Crippen molar-refractivity contribution in [3.05, 3.63) is 82.8 Å². The van der Waals surface area contributed by atoms with Crippen LogP contribution in [-0.2, 0) is 4.79 Å². The van der Waals surface area contributed by atoms with Gasteiger partial charge in [0.25, 0.3) is 0 Å². The van der Waals surface area contributed by atoms with Gasteiger partial charge in [-0.05, 0) is 43.2 Å². The third-order valence-electron chi connectivity index (χ3n) is 7.09. The molecule has 5 rings (SSSR count). The molecule has 41 heavy (non-hydrogen) atoms. The van der Waals surface area contributed by atoms with Crippen molar-refractivity contribution in [1.82, 2.24) is 24.4 Å². The summed E-state index contributed by atoms with van der Waals surface area (Å²) >= 11 is 0. The third kappa shape index (κ3) is 4.79. The maximum atomic E-state index is 15.7. The number of amides is 1. The molecular formula is C29H27F3N6O3. The lowest BCUT2D eigenvalue weighted by molar-refractivity contribution is -0.126. The van der Waals surface area contributed by atoms with Crippen molar-refractivity contribution in [2.45, 2.75) is 32.7 Å². The first-order valence-electron chi connectivity index (χ1n) is 13.0. The van der Waals surface area contributed by atoms with Gasteiger partial charge in [-0.15, -0.1) is 0 Å². The van der Waals surface area contributed by atoms with Crippen LogP contribution in [0.15, 0.2) is 54.0 Å². The topological polar surface area (TPSA) is 104 Å². The highest BCUT2D eigenvalue weighted by Gasteiger charge is 2.31. The standard InChI is InChI=1S/C29H27F3N6O3/c1-5-22(40)36-11-12-37(16(4)14-36)27-17-13-20(32)25(23-18(30)7-6-8-21(23)39)34-28(17)38(29(41)35-27)26-19(31)9-10-33-24(26)15(2)3/h5-10,13,15-16,39H,1,11-12,14H2,2-4H3/t16-/m0/s1. The van der Waals surface area contributed by atoms with Crippen LogP contribution in [0.3, 0.4) is 0 Å². The van der Waals surface area contributed by atoms with Gasteiger partial charge in [-0.2, -0.15) is 4.98 Å². The Balaban J connectivity index is 1.83. The van der Waals surface area contributed by atoms with Gasteiger partial charge >= 0.3 is 5.69 Å². The highest BCUT2D eigenvalue weighted by atomic mass is 19.1. The second-order valence-electron chi connectivity index (χ2n) is 10.1. The number of piperazine rings is 1. The Morgan fingerprint density at radius 1 is 1.12 bits per heavy atom. The quantitative estimate of drug-likeness (QED) is 0.360. The van der Waals surface area contributed by atoms with Crippen LogP contribution in [0, 0.1) is 17.5 Å². The first kappa shape index (κ1) is 27.8. The minimum atomic E-state index is -0.991. The maximum absolute atomic E-state index is 15.7. The van der Waals surface area contributed by atoms with Crippen molar-refractivity contribution in [2.75, 3.05) is 24.5 Å². The van der Waals surface area contributed by atoms with Crippen molar-refractivity contribution >= 4 is 22.8 Å². The molecule has 4 aromatic rings. The van der Waals surface area contributed by atoms with E-state index in [9.17, 15) is 19.1 Å². The zero-order valence-corrected chi connectivity index (χ0v) is 22.6. The van der Waals surface area contributed by atoms with Gasteiger partial charge in [-0.1, -0.05) is 26.5 Å². The molecule has 1 aliphatic heterocycles. The molecule has 1 N–H and O–H groups in total. The van der Waals surface area contributed by atoms with Gasteiger partial charge in [0.2, 0.25) is 5.91 Å². The molecule has 1 amide bonds. The predicted molar refractivity (Wildman–Crippen MR) is 148 cm³/mol. The van der Waals surface area contributed by atoms with E-state index >= 15 is 8.78 Å². The van der Waals surface area contributed by atoms with E-state index in [1.807, 2.05) is 6.92 Å². The zero-order chi connectivity index (χ0) is 29.6. The van der Waals surface area contributed by atoms with E-state index in [2.05, 4.69) is 21.5 Å². The van der Waals surface area contributed by atoms with E-state index in [0.29, 0.717) is 0 Å². The number of rotatable bonds is 5. The lowest BCUT2D eigenvalue weighted by Crippen LogP contribution is -2.54. The smallest absolute Gasteiger partial charge is 0.356 e. The Hall–Kier alpha value is -4.74. The lowest BCUT2D eigenvalue weighted by atomic mass is 10.1. The molecule has 0 bridgehead atoms. The third-order valence-corrected chi connectivity index (χ3v) is 7.09. The van der Waals surface area contributed by atoms with Crippen LogP contribution in [0.5, 0.6) is 5.75 Å². The molecule has 4 heterocycles. The molecule has 0 radical (unpaired) electrons. The van der Waals surface area contributed by atoms with E-state index in [1.165, 1.54) is 24.4 Å². The van der Waals surface area contributed by atoms with Crippen molar-refractivity contribution in [3.63, 3.8) is 0 Å². The van der Waals surface area contributed by atoms with Gasteiger partial charge in [0.15, 0.2) is 17.3 Å². The minimum absolute atomic E-state index is 0.0509. The van der Waals surface area contributed by atoms with E-state index in [0.717, 1.165) is 22.8 Å². The van der Waals surface area contributed by atoms with Crippen LogP contribution in [0.25, 0.3) is 28.0 Å².